The van der Waals surface area contributed by atoms with Crippen LogP contribution in [-0.4, -0.2) is 71.5 Å². The van der Waals surface area contributed by atoms with E-state index < -0.39 is 17.4 Å². The second kappa shape index (κ2) is 9.17. The van der Waals surface area contributed by atoms with Gasteiger partial charge in [0.25, 0.3) is 5.91 Å². The SMILES string of the molecule is Cl.Cl.Cn1c(N2CCOCC2)nc2cc(C(=O)NC3(C(=O)O)CCNC3)ccc21. The second-order valence-corrected chi connectivity index (χ2v) is 7.04. The molecule has 0 spiro atoms. The molecule has 29 heavy (non-hydrogen) atoms. The summed E-state index contributed by atoms with van der Waals surface area (Å²) in [6.45, 7) is 3.68. The van der Waals surface area contributed by atoms with Crippen LogP contribution in [0.2, 0.25) is 0 Å². The smallest absolute Gasteiger partial charge is 0.330 e. The standard InChI is InChI=1S/C18H23N5O4.2ClH/c1-22-14-3-2-12(15(24)21-18(16(25)26)4-5-19-11-18)10-13(14)20-17(22)23-6-8-27-9-7-23;;/h2-3,10,19H,4-9,11H2,1H3,(H,21,24)(H,25,26);2*1H. The summed E-state index contributed by atoms with van der Waals surface area (Å²) >= 11 is 0. The van der Waals surface area contributed by atoms with Crippen molar-refractivity contribution in [2.24, 2.45) is 7.05 Å². The molecule has 9 nitrogen and oxygen atoms in total. The van der Waals surface area contributed by atoms with Gasteiger partial charge in [0.05, 0.1) is 24.2 Å². The van der Waals surface area contributed by atoms with Crippen LogP contribution in [0.5, 0.6) is 0 Å². The van der Waals surface area contributed by atoms with Crippen molar-refractivity contribution in [2.45, 2.75) is 12.0 Å². The molecule has 1 amide bonds. The van der Waals surface area contributed by atoms with E-state index >= 15 is 0 Å². The third kappa shape index (κ3) is 4.28. The van der Waals surface area contributed by atoms with Crippen LogP contribution in [-0.2, 0) is 16.6 Å². The Hall–Kier alpha value is -2.07. The predicted molar refractivity (Wildman–Crippen MR) is 114 cm³/mol. The van der Waals surface area contributed by atoms with E-state index in [4.69, 9.17) is 4.74 Å². The van der Waals surface area contributed by atoms with E-state index in [1.807, 2.05) is 17.7 Å². The lowest BCUT2D eigenvalue weighted by molar-refractivity contribution is -0.143. The van der Waals surface area contributed by atoms with Crippen LogP contribution in [0.25, 0.3) is 11.0 Å². The van der Waals surface area contributed by atoms with Gasteiger partial charge in [-0.2, -0.15) is 0 Å². The summed E-state index contributed by atoms with van der Waals surface area (Å²) in [6, 6.07) is 5.27. The number of anilines is 1. The van der Waals surface area contributed by atoms with Gasteiger partial charge in [0.2, 0.25) is 5.95 Å². The van der Waals surface area contributed by atoms with E-state index in [9.17, 15) is 14.7 Å². The Bertz CT molecular complexity index is 892. The Morgan fingerprint density at radius 2 is 2.00 bits per heavy atom. The number of morpholine rings is 1. The summed E-state index contributed by atoms with van der Waals surface area (Å²) < 4.78 is 7.40. The number of carboxylic acids is 1. The fourth-order valence-corrected chi connectivity index (χ4v) is 3.70. The maximum absolute atomic E-state index is 12.7. The van der Waals surface area contributed by atoms with Crippen molar-refractivity contribution in [2.75, 3.05) is 44.3 Å². The Morgan fingerprint density at radius 1 is 1.28 bits per heavy atom. The monoisotopic (exact) mass is 445 g/mol. The maximum atomic E-state index is 12.7. The number of carboxylic acid groups (broad SMARTS) is 1. The summed E-state index contributed by atoms with van der Waals surface area (Å²) in [6.07, 6.45) is 0.362. The van der Waals surface area contributed by atoms with Gasteiger partial charge in [0, 0.05) is 32.2 Å². The summed E-state index contributed by atoms with van der Waals surface area (Å²) in [5.41, 5.74) is 0.778. The molecule has 0 saturated carbocycles. The van der Waals surface area contributed by atoms with Crippen LogP contribution in [0.1, 0.15) is 16.8 Å². The number of halogens is 2. The maximum Gasteiger partial charge on any atom is 0.330 e. The topological polar surface area (TPSA) is 109 Å². The molecule has 2 fully saturated rings. The molecule has 1 atom stereocenters. The molecule has 1 unspecified atom stereocenters. The molecule has 1 aromatic carbocycles. The number of rotatable bonds is 4. The minimum atomic E-state index is -1.25. The minimum absolute atomic E-state index is 0. The Labute approximate surface area is 180 Å². The highest BCUT2D eigenvalue weighted by molar-refractivity contribution is 6.00. The van der Waals surface area contributed by atoms with Gasteiger partial charge in [0.1, 0.15) is 0 Å². The first-order valence-electron chi connectivity index (χ1n) is 9.06. The number of nitrogens with zero attached hydrogens (tertiary/aromatic N) is 3. The molecule has 0 aliphatic carbocycles. The van der Waals surface area contributed by atoms with Gasteiger partial charge in [-0.1, -0.05) is 0 Å². The minimum Gasteiger partial charge on any atom is -0.479 e. The zero-order valence-corrected chi connectivity index (χ0v) is 17.6. The highest BCUT2D eigenvalue weighted by Crippen LogP contribution is 2.24. The van der Waals surface area contributed by atoms with Crippen LogP contribution in [0.15, 0.2) is 18.2 Å². The summed E-state index contributed by atoms with van der Waals surface area (Å²) in [4.78, 5) is 31.2. The van der Waals surface area contributed by atoms with E-state index in [1.54, 1.807) is 12.1 Å². The number of hydrogen-bond acceptors (Lipinski definition) is 6. The van der Waals surface area contributed by atoms with Crippen LogP contribution in [0, 0.1) is 0 Å². The molecule has 3 N–H and O–H groups in total. The van der Waals surface area contributed by atoms with Gasteiger partial charge in [-0.05, 0) is 31.2 Å². The van der Waals surface area contributed by atoms with Crippen molar-refractivity contribution in [3.05, 3.63) is 23.8 Å². The number of carbonyl (C=O) groups is 2. The normalized spacial score (nSPS) is 21.3. The number of aryl methyl sites for hydroxylation is 1. The quantitative estimate of drug-likeness (QED) is 0.638. The third-order valence-electron chi connectivity index (χ3n) is 5.33. The van der Waals surface area contributed by atoms with Gasteiger partial charge in [-0.3, -0.25) is 4.79 Å². The Kier molecular flexibility index (Phi) is 7.34. The van der Waals surface area contributed by atoms with Crippen molar-refractivity contribution in [3.63, 3.8) is 0 Å². The zero-order valence-electron chi connectivity index (χ0n) is 16.0. The van der Waals surface area contributed by atoms with Gasteiger partial charge >= 0.3 is 5.97 Å². The van der Waals surface area contributed by atoms with Crippen LogP contribution >= 0.6 is 24.8 Å². The third-order valence-corrected chi connectivity index (χ3v) is 5.33. The first-order valence-corrected chi connectivity index (χ1v) is 9.06. The Balaban J connectivity index is 0.00000150. The first-order chi connectivity index (χ1) is 13.0. The van der Waals surface area contributed by atoms with Crippen molar-refractivity contribution in [1.29, 1.82) is 0 Å². The first kappa shape index (κ1) is 23.2. The number of benzene rings is 1. The fraction of sp³-hybridized carbons (Fsp3) is 0.500. The number of amides is 1. The number of ether oxygens (including phenoxy) is 1. The zero-order chi connectivity index (χ0) is 19.0. The molecule has 11 heteroatoms. The second-order valence-electron chi connectivity index (χ2n) is 7.04. The van der Waals surface area contributed by atoms with Crippen molar-refractivity contribution >= 4 is 53.7 Å². The lowest BCUT2D eigenvalue weighted by Gasteiger charge is -2.27. The lowest BCUT2D eigenvalue weighted by Crippen LogP contribution is -2.56. The number of hydrogen-bond donors (Lipinski definition) is 3. The average molecular weight is 446 g/mol. The molecular formula is C18H25Cl2N5O4. The van der Waals surface area contributed by atoms with E-state index in [0.29, 0.717) is 37.3 Å². The molecule has 2 aliphatic rings. The molecule has 2 aromatic rings. The van der Waals surface area contributed by atoms with Gasteiger partial charge < -0.3 is 29.9 Å². The molecule has 2 saturated heterocycles. The van der Waals surface area contributed by atoms with Crippen LogP contribution in [0.3, 0.4) is 0 Å². The van der Waals surface area contributed by atoms with Crippen molar-refractivity contribution in [3.8, 4) is 0 Å². The lowest BCUT2D eigenvalue weighted by atomic mass is 9.98. The molecule has 0 radical (unpaired) electrons. The number of nitrogens with one attached hydrogen (secondary N) is 2. The summed E-state index contributed by atoms with van der Waals surface area (Å²) in [5.74, 6) is -0.580. The largest absolute Gasteiger partial charge is 0.479 e. The molecule has 2 aliphatic heterocycles. The Morgan fingerprint density at radius 3 is 2.62 bits per heavy atom. The highest BCUT2D eigenvalue weighted by Gasteiger charge is 2.43. The van der Waals surface area contributed by atoms with Crippen molar-refractivity contribution < 1.29 is 19.4 Å². The number of carbonyl (C=O) groups excluding carboxylic acids is 1. The molecule has 160 valence electrons. The van der Waals surface area contributed by atoms with E-state index in [0.717, 1.165) is 24.6 Å². The molecule has 0 bridgehead atoms. The van der Waals surface area contributed by atoms with E-state index in [-0.39, 0.29) is 31.4 Å². The van der Waals surface area contributed by atoms with E-state index in [2.05, 4.69) is 20.5 Å². The van der Waals surface area contributed by atoms with Gasteiger partial charge in [-0.15, -0.1) is 24.8 Å². The van der Waals surface area contributed by atoms with Crippen LogP contribution < -0.4 is 15.5 Å². The van der Waals surface area contributed by atoms with Crippen molar-refractivity contribution in [1.82, 2.24) is 20.2 Å². The molecule has 1 aromatic heterocycles. The summed E-state index contributed by atoms with van der Waals surface area (Å²) in [5, 5.41) is 15.2. The van der Waals surface area contributed by atoms with Crippen LogP contribution in [0.4, 0.5) is 5.95 Å². The highest BCUT2D eigenvalue weighted by atomic mass is 35.5. The predicted octanol–water partition coefficient (Wildman–Crippen LogP) is 0.800. The summed E-state index contributed by atoms with van der Waals surface area (Å²) in [7, 11) is 1.95. The molecule has 3 heterocycles. The van der Waals surface area contributed by atoms with Gasteiger partial charge in [0.15, 0.2) is 5.54 Å². The van der Waals surface area contributed by atoms with E-state index in [1.165, 1.54) is 0 Å². The number of aromatic nitrogens is 2. The molecule has 4 rings (SSSR count). The fourth-order valence-electron chi connectivity index (χ4n) is 3.70. The average Bonchev–Trinajstić information content (AvgIpc) is 3.28. The molecular weight excluding hydrogens is 421 g/mol. The van der Waals surface area contributed by atoms with Gasteiger partial charge in [-0.25, -0.2) is 9.78 Å². The number of fused-ring (bicyclic) bond motifs is 1. The number of aliphatic carboxylic acids is 1. The number of imidazole rings is 1.